The molecule has 1 unspecified atom stereocenters. The summed E-state index contributed by atoms with van der Waals surface area (Å²) in [5.74, 6) is -1.32. The van der Waals surface area contributed by atoms with E-state index in [2.05, 4.69) is 5.32 Å². The molecule has 0 spiro atoms. The smallest absolute Gasteiger partial charge is 0.335 e. The van der Waals surface area contributed by atoms with Crippen molar-refractivity contribution in [1.29, 1.82) is 0 Å². The number of carboxylic acid groups (broad SMARTS) is 1. The van der Waals surface area contributed by atoms with Crippen molar-refractivity contribution in [1.82, 2.24) is 5.32 Å². The highest BCUT2D eigenvalue weighted by molar-refractivity contribution is 5.87. The maximum absolute atomic E-state index is 12.1. The average Bonchev–Trinajstić information content (AvgIpc) is 2.58. The van der Waals surface area contributed by atoms with Gasteiger partial charge in [0.15, 0.2) is 0 Å². The van der Waals surface area contributed by atoms with Gasteiger partial charge in [-0.25, -0.2) is 9.59 Å². The Bertz CT molecular complexity index is 738. The molecule has 0 radical (unpaired) electrons. The summed E-state index contributed by atoms with van der Waals surface area (Å²) in [6.45, 7) is 4.44. The second-order valence-corrected chi connectivity index (χ2v) is 5.68. The number of ether oxygens (including phenoxy) is 1. The Kier molecular flexibility index (Phi) is 5.71. The molecule has 0 fully saturated rings. The highest BCUT2D eigenvalue weighted by Gasteiger charge is 2.21. The molecule has 0 aromatic heterocycles. The molecule has 2 aromatic carbocycles. The summed E-state index contributed by atoms with van der Waals surface area (Å²) in [7, 11) is 1.36. The van der Waals surface area contributed by atoms with Gasteiger partial charge in [0.1, 0.15) is 6.04 Å². The second-order valence-electron chi connectivity index (χ2n) is 5.68. The number of rotatable bonds is 6. The molecule has 0 bridgehead atoms. The van der Waals surface area contributed by atoms with Gasteiger partial charge >= 0.3 is 11.9 Å². The standard InChI is InChI=1S/C19H21NO4/c1-12-4-7-16(10-13(12)2)17(19(23)24-3)20-11-14-5-8-15(9-6-14)18(21)22/h4-10,17,20H,11H2,1-3H3,(H,21,22). The fraction of sp³-hybridized carbons (Fsp3) is 0.263. The van der Waals surface area contributed by atoms with E-state index in [0.29, 0.717) is 6.54 Å². The van der Waals surface area contributed by atoms with Gasteiger partial charge in [-0.2, -0.15) is 0 Å². The Morgan fingerprint density at radius 1 is 1.08 bits per heavy atom. The van der Waals surface area contributed by atoms with Crippen molar-refractivity contribution in [3.05, 3.63) is 70.3 Å². The maximum Gasteiger partial charge on any atom is 0.335 e. The molecule has 0 aliphatic rings. The van der Waals surface area contributed by atoms with Crippen molar-refractivity contribution in [3.8, 4) is 0 Å². The van der Waals surface area contributed by atoms with Crippen LogP contribution >= 0.6 is 0 Å². The maximum atomic E-state index is 12.1. The van der Waals surface area contributed by atoms with Crippen molar-refractivity contribution < 1.29 is 19.4 Å². The quantitative estimate of drug-likeness (QED) is 0.798. The van der Waals surface area contributed by atoms with E-state index in [1.165, 1.54) is 7.11 Å². The fourth-order valence-electron chi connectivity index (χ4n) is 2.38. The zero-order valence-electron chi connectivity index (χ0n) is 14.0. The fourth-order valence-corrected chi connectivity index (χ4v) is 2.38. The Labute approximate surface area is 141 Å². The summed E-state index contributed by atoms with van der Waals surface area (Å²) in [5.41, 5.74) is 4.22. The van der Waals surface area contributed by atoms with Gasteiger partial charge in [-0.1, -0.05) is 30.3 Å². The second kappa shape index (κ2) is 7.75. The third-order valence-electron chi connectivity index (χ3n) is 4.01. The zero-order valence-corrected chi connectivity index (χ0v) is 14.0. The molecule has 24 heavy (non-hydrogen) atoms. The van der Waals surface area contributed by atoms with Gasteiger partial charge in [0.05, 0.1) is 12.7 Å². The van der Waals surface area contributed by atoms with Crippen molar-refractivity contribution in [2.45, 2.75) is 26.4 Å². The first-order valence-corrected chi connectivity index (χ1v) is 7.63. The van der Waals surface area contributed by atoms with E-state index in [1.54, 1.807) is 24.3 Å². The minimum absolute atomic E-state index is 0.234. The average molecular weight is 327 g/mol. The summed E-state index contributed by atoms with van der Waals surface area (Å²) in [5, 5.41) is 12.1. The summed E-state index contributed by atoms with van der Waals surface area (Å²) in [6.07, 6.45) is 0. The van der Waals surface area contributed by atoms with E-state index in [1.807, 2.05) is 32.0 Å². The number of hydrogen-bond acceptors (Lipinski definition) is 4. The van der Waals surface area contributed by atoms with Gasteiger partial charge in [-0.05, 0) is 48.2 Å². The SMILES string of the molecule is COC(=O)C(NCc1ccc(C(=O)O)cc1)c1ccc(C)c(C)c1. The molecule has 0 aliphatic carbocycles. The number of hydrogen-bond donors (Lipinski definition) is 2. The minimum atomic E-state index is -0.961. The van der Waals surface area contributed by atoms with Gasteiger partial charge in [0, 0.05) is 6.54 Å². The number of esters is 1. The largest absolute Gasteiger partial charge is 0.478 e. The van der Waals surface area contributed by atoms with Crippen LogP contribution in [0.25, 0.3) is 0 Å². The summed E-state index contributed by atoms with van der Waals surface area (Å²) in [4.78, 5) is 23.0. The van der Waals surface area contributed by atoms with Crippen LogP contribution in [0.3, 0.4) is 0 Å². The molecular weight excluding hydrogens is 306 g/mol. The number of aromatic carboxylic acids is 1. The topological polar surface area (TPSA) is 75.6 Å². The number of carboxylic acids is 1. The number of benzene rings is 2. The Balaban J connectivity index is 2.15. The van der Waals surface area contributed by atoms with E-state index >= 15 is 0 Å². The van der Waals surface area contributed by atoms with Gasteiger partial charge in [-0.3, -0.25) is 5.32 Å². The Morgan fingerprint density at radius 3 is 2.29 bits per heavy atom. The number of methoxy groups -OCH3 is 1. The molecule has 5 nitrogen and oxygen atoms in total. The first kappa shape index (κ1) is 17.7. The number of nitrogens with one attached hydrogen (secondary N) is 1. The van der Waals surface area contributed by atoms with Crippen molar-refractivity contribution in [2.75, 3.05) is 7.11 Å². The molecule has 0 heterocycles. The molecule has 2 rings (SSSR count). The van der Waals surface area contributed by atoms with Crippen LogP contribution in [0.15, 0.2) is 42.5 Å². The number of aryl methyl sites for hydroxylation is 2. The van der Waals surface area contributed by atoms with Crippen LogP contribution in [-0.2, 0) is 16.1 Å². The van der Waals surface area contributed by atoms with E-state index in [4.69, 9.17) is 9.84 Å². The third kappa shape index (κ3) is 4.20. The van der Waals surface area contributed by atoms with E-state index < -0.39 is 12.0 Å². The molecule has 2 N–H and O–H groups in total. The zero-order chi connectivity index (χ0) is 17.7. The molecule has 0 aliphatic heterocycles. The summed E-state index contributed by atoms with van der Waals surface area (Å²) < 4.78 is 4.90. The third-order valence-corrected chi connectivity index (χ3v) is 4.01. The van der Waals surface area contributed by atoms with Crippen molar-refractivity contribution in [2.24, 2.45) is 0 Å². The van der Waals surface area contributed by atoms with Gasteiger partial charge < -0.3 is 9.84 Å². The molecular formula is C19H21NO4. The lowest BCUT2D eigenvalue weighted by Gasteiger charge is -2.18. The Morgan fingerprint density at radius 2 is 1.75 bits per heavy atom. The molecule has 0 saturated heterocycles. The van der Waals surface area contributed by atoms with Crippen LogP contribution in [0.5, 0.6) is 0 Å². The number of carbonyl (C=O) groups excluding carboxylic acids is 1. The first-order valence-electron chi connectivity index (χ1n) is 7.63. The first-order chi connectivity index (χ1) is 11.4. The highest BCUT2D eigenvalue weighted by atomic mass is 16.5. The lowest BCUT2D eigenvalue weighted by molar-refractivity contribution is -0.143. The molecule has 5 heteroatoms. The van der Waals surface area contributed by atoms with Crippen LogP contribution in [0.4, 0.5) is 0 Å². The predicted octanol–water partition coefficient (Wildman–Crippen LogP) is 3.01. The van der Waals surface area contributed by atoms with Crippen molar-refractivity contribution in [3.63, 3.8) is 0 Å². The summed E-state index contributed by atoms with van der Waals surface area (Å²) >= 11 is 0. The molecule has 126 valence electrons. The van der Waals surface area contributed by atoms with Crippen LogP contribution in [0, 0.1) is 13.8 Å². The monoisotopic (exact) mass is 327 g/mol. The molecule has 1 atom stereocenters. The van der Waals surface area contributed by atoms with Crippen LogP contribution < -0.4 is 5.32 Å². The van der Waals surface area contributed by atoms with Crippen LogP contribution in [0.2, 0.25) is 0 Å². The van der Waals surface area contributed by atoms with Crippen LogP contribution in [-0.4, -0.2) is 24.2 Å². The molecule has 2 aromatic rings. The van der Waals surface area contributed by atoms with Gasteiger partial charge in [-0.15, -0.1) is 0 Å². The van der Waals surface area contributed by atoms with Gasteiger partial charge in [0.25, 0.3) is 0 Å². The molecule has 0 saturated carbocycles. The van der Waals surface area contributed by atoms with E-state index in [9.17, 15) is 9.59 Å². The van der Waals surface area contributed by atoms with Gasteiger partial charge in [0.2, 0.25) is 0 Å². The normalized spacial score (nSPS) is 11.8. The minimum Gasteiger partial charge on any atom is -0.478 e. The predicted molar refractivity (Wildman–Crippen MR) is 90.9 cm³/mol. The Hall–Kier alpha value is -2.66. The van der Waals surface area contributed by atoms with Crippen LogP contribution in [0.1, 0.15) is 38.7 Å². The lowest BCUT2D eigenvalue weighted by atomic mass is 10.0. The lowest BCUT2D eigenvalue weighted by Crippen LogP contribution is -2.29. The molecule has 0 amide bonds. The number of carbonyl (C=O) groups is 2. The highest BCUT2D eigenvalue weighted by Crippen LogP contribution is 2.19. The summed E-state index contributed by atoms with van der Waals surface area (Å²) in [6, 6.07) is 11.8. The van der Waals surface area contributed by atoms with E-state index in [-0.39, 0.29) is 11.5 Å². The van der Waals surface area contributed by atoms with E-state index in [0.717, 1.165) is 22.3 Å². The van der Waals surface area contributed by atoms with Crippen molar-refractivity contribution >= 4 is 11.9 Å².